The number of esters is 1. The fourth-order valence-electron chi connectivity index (χ4n) is 2.66. The number of hydrogen-bond donors (Lipinski definition) is 1. The van der Waals surface area contributed by atoms with Gasteiger partial charge < -0.3 is 4.74 Å². The highest BCUT2D eigenvalue weighted by atomic mass is 32.2. The van der Waals surface area contributed by atoms with Crippen LogP contribution in [0.4, 0.5) is 5.69 Å². The predicted octanol–water partition coefficient (Wildman–Crippen LogP) is 1.81. The molecular weight excluding hydrogens is 394 g/mol. The molecule has 9 heteroatoms. The summed E-state index contributed by atoms with van der Waals surface area (Å²) in [5, 5.41) is 1.29. The average Bonchev–Trinajstić information content (AvgIpc) is 2.73. The Morgan fingerprint density at radius 1 is 1.14 bits per heavy atom. The summed E-state index contributed by atoms with van der Waals surface area (Å²) >= 11 is 0. The van der Waals surface area contributed by atoms with Gasteiger partial charge in [-0.1, -0.05) is 30.3 Å². The molecule has 1 amide bonds. The molecule has 3 rings (SSSR count). The number of hydrogen-bond acceptors (Lipinski definition) is 6. The lowest BCUT2D eigenvalue weighted by atomic mass is 10.2. The maximum Gasteiger partial charge on any atom is 0.356 e. The van der Waals surface area contributed by atoms with Gasteiger partial charge in [0.1, 0.15) is 12.3 Å². The number of ether oxygens (including phenoxy) is 1. The van der Waals surface area contributed by atoms with Crippen molar-refractivity contribution in [2.45, 2.75) is 17.9 Å². The van der Waals surface area contributed by atoms with E-state index in [4.69, 9.17) is 4.74 Å². The first-order chi connectivity index (χ1) is 13.8. The summed E-state index contributed by atoms with van der Waals surface area (Å²) in [6, 6.07) is 15.1. The molecule has 0 fully saturated rings. The summed E-state index contributed by atoms with van der Waals surface area (Å²) in [4.78, 5) is 24.7. The number of hydrazine groups is 1. The van der Waals surface area contributed by atoms with E-state index in [0.717, 1.165) is 4.31 Å². The second kappa shape index (κ2) is 8.46. The Bertz CT molecular complexity index is 1050. The van der Waals surface area contributed by atoms with Crippen LogP contribution in [0.5, 0.6) is 0 Å². The van der Waals surface area contributed by atoms with Gasteiger partial charge in [-0.3, -0.25) is 10.2 Å². The molecule has 0 bridgehead atoms. The van der Waals surface area contributed by atoms with Crippen LogP contribution in [-0.4, -0.2) is 38.7 Å². The highest BCUT2D eigenvalue weighted by Gasteiger charge is 2.25. The van der Waals surface area contributed by atoms with E-state index in [-0.39, 0.29) is 29.5 Å². The Kier molecular flexibility index (Phi) is 6.00. The minimum Gasteiger partial charge on any atom is -0.456 e. The van der Waals surface area contributed by atoms with Gasteiger partial charge in [-0.15, -0.1) is 0 Å². The molecule has 1 aliphatic heterocycles. The number of benzene rings is 2. The van der Waals surface area contributed by atoms with Gasteiger partial charge in [0, 0.05) is 20.5 Å². The number of amides is 1. The molecule has 0 aliphatic carbocycles. The van der Waals surface area contributed by atoms with Gasteiger partial charge in [0.05, 0.1) is 10.6 Å². The minimum atomic E-state index is -3.58. The van der Waals surface area contributed by atoms with Crippen molar-refractivity contribution in [1.82, 2.24) is 9.73 Å². The lowest BCUT2D eigenvalue weighted by molar-refractivity contribution is -0.140. The van der Waals surface area contributed by atoms with Crippen LogP contribution < -0.4 is 10.4 Å². The first-order valence-corrected chi connectivity index (χ1v) is 10.3. The van der Waals surface area contributed by atoms with Crippen LogP contribution in [-0.2, 0) is 31.0 Å². The van der Waals surface area contributed by atoms with Crippen LogP contribution >= 0.6 is 0 Å². The number of carbonyl (C=O) groups is 2. The van der Waals surface area contributed by atoms with Gasteiger partial charge in [0.25, 0.3) is 0 Å². The van der Waals surface area contributed by atoms with Crippen molar-refractivity contribution in [3.8, 4) is 0 Å². The molecule has 1 aliphatic rings. The van der Waals surface area contributed by atoms with E-state index in [1.165, 1.54) is 37.3 Å². The van der Waals surface area contributed by atoms with E-state index in [0.29, 0.717) is 11.3 Å². The monoisotopic (exact) mass is 415 g/mol. The first kappa shape index (κ1) is 20.6. The summed E-state index contributed by atoms with van der Waals surface area (Å²) in [5.41, 5.74) is 4.06. The zero-order chi connectivity index (χ0) is 21.0. The van der Waals surface area contributed by atoms with Crippen LogP contribution in [0.1, 0.15) is 12.0 Å². The van der Waals surface area contributed by atoms with E-state index >= 15 is 0 Å². The Morgan fingerprint density at radius 3 is 2.55 bits per heavy atom. The molecular formula is C20H21N3O5S. The maximum absolute atomic E-state index is 12.4. The quantitative estimate of drug-likeness (QED) is 0.723. The molecule has 0 saturated carbocycles. The zero-order valence-corrected chi connectivity index (χ0v) is 16.8. The molecule has 0 unspecified atom stereocenters. The molecule has 1 N–H and O–H groups in total. The summed E-state index contributed by atoms with van der Waals surface area (Å²) in [6.45, 7) is -0.103. The van der Waals surface area contributed by atoms with Gasteiger partial charge in [0.15, 0.2) is 0 Å². The topological polar surface area (TPSA) is 96.0 Å². The van der Waals surface area contributed by atoms with Gasteiger partial charge >= 0.3 is 5.97 Å². The molecule has 0 radical (unpaired) electrons. The van der Waals surface area contributed by atoms with Crippen LogP contribution in [0.3, 0.4) is 0 Å². The van der Waals surface area contributed by atoms with Crippen molar-refractivity contribution < 1.29 is 22.7 Å². The molecule has 8 nitrogen and oxygen atoms in total. The van der Waals surface area contributed by atoms with Crippen molar-refractivity contribution >= 4 is 27.6 Å². The molecule has 2 aromatic carbocycles. The van der Waals surface area contributed by atoms with Gasteiger partial charge in [-0.25, -0.2) is 22.5 Å². The molecule has 0 spiro atoms. The van der Waals surface area contributed by atoms with E-state index in [1.807, 2.05) is 6.07 Å². The van der Waals surface area contributed by atoms with E-state index < -0.39 is 16.0 Å². The third-order valence-corrected chi connectivity index (χ3v) is 6.05. The normalized spacial score (nSPS) is 14.4. The summed E-state index contributed by atoms with van der Waals surface area (Å²) < 4.78 is 30.9. The van der Waals surface area contributed by atoms with Crippen molar-refractivity contribution in [3.05, 3.63) is 71.9 Å². The van der Waals surface area contributed by atoms with E-state index in [9.17, 15) is 18.0 Å². The summed E-state index contributed by atoms with van der Waals surface area (Å²) in [5.74, 6) is -0.839. The predicted molar refractivity (Wildman–Crippen MR) is 107 cm³/mol. The molecule has 0 atom stereocenters. The lowest BCUT2D eigenvalue weighted by Crippen LogP contribution is -2.47. The first-order valence-electron chi connectivity index (χ1n) is 8.82. The smallest absolute Gasteiger partial charge is 0.356 e. The maximum atomic E-state index is 12.4. The number of nitrogens with zero attached hydrogens (tertiary/aromatic N) is 2. The Morgan fingerprint density at radius 2 is 1.86 bits per heavy atom. The lowest BCUT2D eigenvalue weighted by Gasteiger charge is -2.28. The van der Waals surface area contributed by atoms with Crippen LogP contribution in [0, 0.1) is 0 Å². The standard InChI is InChI=1S/C20H21N3O5S/c1-22(2)29(26,27)17-10-6-7-15(13-17)14-28-20(25)18-11-12-19(24)23(21-18)16-8-4-3-5-9-16/h3-11,13,21H,12,14H2,1-2H3. The molecule has 29 heavy (non-hydrogen) atoms. The van der Waals surface area contributed by atoms with Crippen LogP contribution in [0.15, 0.2) is 71.3 Å². The SMILES string of the molecule is CN(C)S(=O)(=O)c1cccc(COC(=O)C2=CCC(=O)N(c3ccccc3)N2)c1. The fourth-order valence-corrected chi connectivity index (χ4v) is 3.63. The number of sulfonamides is 1. The Hall–Kier alpha value is -3.17. The van der Waals surface area contributed by atoms with Crippen molar-refractivity contribution in [3.63, 3.8) is 0 Å². The second-order valence-electron chi connectivity index (χ2n) is 6.51. The molecule has 1 heterocycles. The third-order valence-electron chi connectivity index (χ3n) is 4.24. The molecule has 0 saturated heterocycles. The summed E-state index contributed by atoms with van der Waals surface area (Å²) in [6.07, 6.45) is 1.53. The van der Waals surface area contributed by atoms with Crippen LogP contribution in [0.2, 0.25) is 0 Å². The third kappa shape index (κ3) is 4.64. The van der Waals surface area contributed by atoms with Gasteiger partial charge in [-0.05, 0) is 35.9 Å². The Balaban J connectivity index is 1.68. The highest BCUT2D eigenvalue weighted by Crippen LogP contribution is 2.19. The van der Waals surface area contributed by atoms with E-state index in [2.05, 4.69) is 5.43 Å². The largest absolute Gasteiger partial charge is 0.456 e. The van der Waals surface area contributed by atoms with Gasteiger partial charge in [-0.2, -0.15) is 0 Å². The van der Waals surface area contributed by atoms with Crippen molar-refractivity contribution in [1.29, 1.82) is 0 Å². The molecule has 2 aromatic rings. The summed E-state index contributed by atoms with van der Waals surface area (Å²) in [7, 11) is -0.683. The van der Waals surface area contributed by atoms with Crippen molar-refractivity contribution in [2.24, 2.45) is 0 Å². The van der Waals surface area contributed by atoms with Crippen molar-refractivity contribution in [2.75, 3.05) is 19.1 Å². The molecule has 0 aromatic heterocycles. The minimum absolute atomic E-state index is 0.0584. The number of nitrogens with one attached hydrogen (secondary N) is 1. The van der Waals surface area contributed by atoms with E-state index in [1.54, 1.807) is 36.4 Å². The molecule has 152 valence electrons. The fraction of sp³-hybridized carbons (Fsp3) is 0.200. The second-order valence-corrected chi connectivity index (χ2v) is 8.66. The number of rotatable bonds is 6. The Labute approximate surface area is 169 Å². The zero-order valence-electron chi connectivity index (χ0n) is 16.0. The number of para-hydroxylation sites is 1. The number of anilines is 1. The van der Waals surface area contributed by atoms with Gasteiger partial charge in [0.2, 0.25) is 15.9 Å². The van der Waals surface area contributed by atoms with Crippen LogP contribution in [0.25, 0.3) is 0 Å². The number of carbonyl (C=O) groups excluding carboxylic acids is 2. The highest BCUT2D eigenvalue weighted by molar-refractivity contribution is 7.89. The average molecular weight is 415 g/mol.